The molecule has 2 heteroatoms. The summed E-state index contributed by atoms with van der Waals surface area (Å²) in [6.45, 7) is 6.38. The number of hydrogen-bond acceptors (Lipinski definition) is 2. The van der Waals surface area contributed by atoms with Crippen molar-refractivity contribution in [3.05, 3.63) is 41.5 Å². The average molecular weight is 256 g/mol. The van der Waals surface area contributed by atoms with Crippen LogP contribution in [0.2, 0.25) is 0 Å². The number of carbonyl (C=O) groups excluding carboxylic acids is 1. The summed E-state index contributed by atoms with van der Waals surface area (Å²) in [7, 11) is 0. The summed E-state index contributed by atoms with van der Waals surface area (Å²) in [6.07, 6.45) is 1.94. The number of carbonyl (C=O) groups is 1. The number of aliphatic hydroxyl groups is 1. The number of aliphatic hydroxyl groups excluding tert-OH is 1. The molecule has 0 unspecified atom stereocenters. The van der Waals surface area contributed by atoms with Gasteiger partial charge in [-0.25, -0.2) is 0 Å². The van der Waals surface area contributed by atoms with E-state index in [4.69, 9.17) is 0 Å². The van der Waals surface area contributed by atoms with Crippen molar-refractivity contribution >= 4 is 11.5 Å². The van der Waals surface area contributed by atoms with Crippen LogP contribution in [0.3, 0.4) is 0 Å². The van der Waals surface area contributed by atoms with Gasteiger partial charge in [-0.3, -0.25) is 4.79 Å². The van der Waals surface area contributed by atoms with E-state index in [1.54, 1.807) is 0 Å². The minimum absolute atomic E-state index is 0.0534. The zero-order chi connectivity index (χ0) is 13.8. The number of ketones is 1. The van der Waals surface area contributed by atoms with Crippen LogP contribution in [0.25, 0.3) is 5.76 Å². The fraction of sp³-hybridized carbons (Fsp3) is 0.471. The Bertz CT molecular complexity index is 568. The van der Waals surface area contributed by atoms with E-state index in [-0.39, 0.29) is 28.3 Å². The quantitative estimate of drug-likeness (QED) is 0.609. The van der Waals surface area contributed by atoms with Crippen LogP contribution in [-0.2, 0) is 4.79 Å². The van der Waals surface area contributed by atoms with Crippen LogP contribution in [0.5, 0.6) is 0 Å². The van der Waals surface area contributed by atoms with Crippen molar-refractivity contribution in [3.63, 3.8) is 0 Å². The molecule has 2 aliphatic rings. The summed E-state index contributed by atoms with van der Waals surface area (Å²) >= 11 is 0. The first-order valence-corrected chi connectivity index (χ1v) is 6.93. The Labute approximate surface area is 114 Å². The number of benzene rings is 1. The smallest absolute Gasteiger partial charge is 0.169 e. The molecular weight excluding hydrogens is 236 g/mol. The van der Waals surface area contributed by atoms with Crippen molar-refractivity contribution in [3.8, 4) is 0 Å². The van der Waals surface area contributed by atoms with E-state index in [1.807, 2.05) is 30.3 Å². The van der Waals surface area contributed by atoms with E-state index in [0.29, 0.717) is 5.57 Å². The number of hydrogen-bond donors (Lipinski definition) is 1. The van der Waals surface area contributed by atoms with Crippen molar-refractivity contribution < 1.29 is 9.90 Å². The monoisotopic (exact) mass is 256 g/mol. The second kappa shape index (κ2) is 3.72. The minimum Gasteiger partial charge on any atom is -0.507 e. The lowest BCUT2D eigenvalue weighted by molar-refractivity contribution is -0.125. The molecule has 19 heavy (non-hydrogen) atoms. The molecule has 2 atom stereocenters. The number of fused-ring (bicyclic) bond motifs is 2. The van der Waals surface area contributed by atoms with Gasteiger partial charge in [-0.05, 0) is 24.2 Å². The first-order valence-electron chi connectivity index (χ1n) is 6.93. The van der Waals surface area contributed by atoms with Gasteiger partial charge in [0.1, 0.15) is 5.76 Å². The van der Waals surface area contributed by atoms with Crippen LogP contribution in [0.1, 0.15) is 39.2 Å². The number of Topliss-reactive ketones (excluding diaryl/α,β-unsaturated/α-hetero) is 1. The zero-order valence-corrected chi connectivity index (χ0v) is 11.7. The van der Waals surface area contributed by atoms with E-state index in [9.17, 15) is 9.90 Å². The molecule has 100 valence electrons. The molecule has 0 saturated heterocycles. The fourth-order valence-corrected chi connectivity index (χ4v) is 3.89. The van der Waals surface area contributed by atoms with Gasteiger partial charge in [-0.2, -0.15) is 0 Å². The first kappa shape index (κ1) is 12.5. The zero-order valence-electron chi connectivity index (χ0n) is 11.7. The predicted octanol–water partition coefficient (Wildman–Crippen LogP) is 3.98. The summed E-state index contributed by atoms with van der Waals surface area (Å²) < 4.78 is 0. The fourth-order valence-electron chi connectivity index (χ4n) is 3.89. The standard InChI is InChI=1S/C17H20O2/c1-16(2)12-9-10-17(16,3)15(19)13(12)14(18)11-7-5-4-6-8-11/h4-8,12,18H,9-10H2,1-3H3/b14-13-/t12-,17-/m0/s1. The molecule has 0 amide bonds. The van der Waals surface area contributed by atoms with Gasteiger partial charge >= 0.3 is 0 Å². The third-order valence-electron chi connectivity index (χ3n) is 5.62. The van der Waals surface area contributed by atoms with Crippen LogP contribution in [0, 0.1) is 16.7 Å². The Morgan fingerprint density at radius 1 is 1.21 bits per heavy atom. The molecule has 2 nitrogen and oxygen atoms in total. The van der Waals surface area contributed by atoms with E-state index in [0.717, 1.165) is 18.4 Å². The molecule has 1 aromatic rings. The lowest BCUT2D eigenvalue weighted by atomic mass is 9.70. The highest BCUT2D eigenvalue weighted by atomic mass is 16.3. The lowest BCUT2D eigenvalue weighted by Crippen LogP contribution is -2.32. The molecule has 3 rings (SSSR count). The van der Waals surface area contributed by atoms with Crippen molar-refractivity contribution in [2.24, 2.45) is 16.7 Å². The van der Waals surface area contributed by atoms with E-state index >= 15 is 0 Å². The maximum Gasteiger partial charge on any atom is 0.169 e. The molecule has 0 aromatic heterocycles. The highest BCUT2D eigenvalue weighted by Crippen LogP contribution is 2.66. The Balaban J connectivity index is 2.16. The van der Waals surface area contributed by atoms with Crippen LogP contribution < -0.4 is 0 Å². The van der Waals surface area contributed by atoms with Gasteiger partial charge in [-0.1, -0.05) is 51.1 Å². The van der Waals surface area contributed by atoms with Crippen molar-refractivity contribution in [1.29, 1.82) is 0 Å². The number of allylic oxidation sites excluding steroid dienone is 1. The van der Waals surface area contributed by atoms with Crippen LogP contribution in [-0.4, -0.2) is 10.9 Å². The highest BCUT2D eigenvalue weighted by molar-refractivity contribution is 6.09. The van der Waals surface area contributed by atoms with Gasteiger partial charge in [-0.15, -0.1) is 0 Å². The summed E-state index contributed by atoms with van der Waals surface area (Å²) in [5, 5.41) is 10.5. The summed E-state index contributed by atoms with van der Waals surface area (Å²) in [5.74, 6) is 0.521. The third-order valence-corrected chi connectivity index (χ3v) is 5.62. The van der Waals surface area contributed by atoms with Crippen molar-refractivity contribution in [2.45, 2.75) is 33.6 Å². The lowest BCUT2D eigenvalue weighted by Gasteiger charge is -2.31. The molecule has 2 aliphatic carbocycles. The molecule has 2 bridgehead atoms. The molecule has 1 N–H and O–H groups in total. The second-order valence-electron chi connectivity index (χ2n) is 6.60. The molecule has 0 spiro atoms. The Hall–Kier alpha value is -1.57. The Morgan fingerprint density at radius 2 is 1.84 bits per heavy atom. The Kier molecular flexibility index (Phi) is 2.44. The van der Waals surface area contributed by atoms with Gasteiger partial charge in [0.25, 0.3) is 0 Å². The minimum atomic E-state index is -0.310. The van der Waals surface area contributed by atoms with Gasteiger partial charge in [0.15, 0.2) is 5.78 Å². The maximum absolute atomic E-state index is 12.7. The largest absolute Gasteiger partial charge is 0.507 e. The molecule has 2 saturated carbocycles. The van der Waals surface area contributed by atoms with Gasteiger partial charge in [0.05, 0.1) is 0 Å². The first-order chi connectivity index (χ1) is 8.89. The average Bonchev–Trinajstić information content (AvgIpc) is 2.71. The molecule has 2 fully saturated rings. The molecule has 0 heterocycles. The number of rotatable bonds is 1. The Morgan fingerprint density at radius 3 is 2.37 bits per heavy atom. The van der Waals surface area contributed by atoms with Gasteiger partial charge in [0.2, 0.25) is 0 Å². The van der Waals surface area contributed by atoms with Gasteiger partial charge < -0.3 is 5.11 Å². The summed E-state index contributed by atoms with van der Waals surface area (Å²) in [4.78, 5) is 12.7. The van der Waals surface area contributed by atoms with Gasteiger partial charge in [0, 0.05) is 16.6 Å². The van der Waals surface area contributed by atoms with Crippen molar-refractivity contribution in [1.82, 2.24) is 0 Å². The summed E-state index contributed by atoms with van der Waals surface area (Å²) in [6, 6.07) is 9.40. The van der Waals surface area contributed by atoms with E-state index in [1.165, 1.54) is 0 Å². The molecule has 0 radical (unpaired) electrons. The maximum atomic E-state index is 12.7. The van der Waals surface area contributed by atoms with E-state index < -0.39 is 0 Å². The van der Waals surface area contributed by atoms with Crippen LogP contribution in [0.4, 0.5) is 0 Å². The second-order valence-corrected chi connectivity index (χ2v) is 6.60. The highest BCUT2D eigenvalue weighted by Gasteiger charge is 2.64. The summed E-state index contributed by atoms with van der Waals surface area (Å²) in [5.41, 5.74) is 1.04. The van der Waals surface area contributed by atoms with Crippen LogP contribution >= 0.6 is 0 Å². The topological polar surface area (TPSA) is 37.3 Å². The molecular formula is C17H20O2. The van der Waals surface area contributed by atoms with Crippen molar-refractivity contribution in [2.75, 3.05) is 0 Å². The normalized spacial score (nSPS) is 34.7. The van der Waals surface area contributed by atoms with Crippen LogP contribution in [0.15, 0.2) is 35.9 Å². The van der Waals surface area contributed by atoms with E-state index in [2.05, 4.69) is 20.8 Å². The predicted molar refractivity (Wildman–Crippen MR) is 75.6 cm³/mol. The molecule has 1 aromatic carbocycles. The third kappa shape index (κ3) is 1.40. The SMILES string of the molecule is CC1(C)[C@H]2CC[C@@]1(C)C(=O)/C2=C(\O)c1ccccc1. The molecule has 0 aliphatic heterocycles.